The molecule has 1 aromatic rings. The fraction of sp³-hybridized carbons (Fsp3) is 0.385. The summed E-state index contributed by atoms with van der Waals surface area (Å²) in [5, 5.41) is 17.2. The summed E-state index contributed by atoms with van der Waals surface area (Å²) in [5.41, 5.74) is 5.63. The predicted octanol–water partition coefficient (Wildman–Crippen LogP) is 1.44. The van der Waals surface area contributed by atoms with Crippen LogP contribution in [-0.4, -0.2) is 34.4 Å². The Bertz CT molecular complexity index is 593. The number of anilines is 1. The molecule has 4 N–H and O–H groups in total. The number of ether oxygens (including phenoxy) is 1. The number of para-hydroxylation sites is 2. The molecule has 1 saturated heterocycles. The van der Waals surface area contributed by atoms with Gasteiger partial charge in [-0.3, -0.25) is 21.0 Å². The predicted molar refractivity (Wildman–Crippen MR) is 95.2 cm³/mol. The van der Waals surface area contributed by atoms with E-state index < -0.39 is 4.92 Å². The fourth-order valence-electron chi connectivity index (χ4n) is 2.06. The first-order chi connectivity index (χ1) is 11.1. The monoisotopic (exact) mass is 355 g/mol. The molecule has 1 aliphatic heterocycles. The molecule has 8 nitrogen and oxygen atoms in total. The molecule has 0 spiro atoms. The van der Waals surface area contributed by atoms with Crippen LogP contribution < -0.4 is 21.5 Å². The molecule has 0 amide bonds. The van der Waals surface area contributed by atoms with Gasteiger partial charge in [0.15, 0.2) is 10.2 Å². The molecule has 0 unspecified atom stereocenters. The fourth-order valence-corrected chi connectivity index (χ4v) is 2.36. The molecule has 0 saturated carbocycles. The van der Waals surface area contributed by atoms with E-state index in [2.05, 4.69) is 21.5 Å². The number of benzene rings is 1. The molecular formula is C13H17N5O3S2. The van der Waals surface area contributed by atoms with Crippen molar-refractivity contribution in [3.05, 3.63) is 34.4 Å². The molecule has 1 fully saturated rings. The summed E-state index contributed by atoms with van der Waals surface area (Å²) in [6, 6.07) is 6.23. The van der Waals surface area contributed by atoms with Crippen LogP contribution in [0.2, 0.25) is 0 Å². The van der Waals surface area contributed by atoms with E-state index in [1.54, 1.807) is 18.2 Å². The van der Waals surface area contributed by atoms with Crippen molar-refractivity contribution in [3.63, 3.8) is 0 Å². The van der Waals surface area contributed by atoms with Crippen molar-refractivity contribution in [1.29, 1.82) is 0 Å². The first-order valence-corrected chi connectivity index (χ1v) is 7.84. The molecule has 2 rings (SSSR count). The summed E-state index contributed by atoms with van der Waals surface area (Å²) in [6.45, 7) is 1.41. The molecule has 1 atom stereocenters. The highest BCUT2D eigenvalue weighted by atomic mass is 32.1. The van der Waals surface area contributed by atoms with Gasteiger partial charge in [0.1, 0.15) is 5.69 Å². The lowest BCUT2D eigenvalue weighted by Crippen LogP contribution is -2.49. The molecule has 0 bridgehead atoms. The van der Waals surface area contributed by atoms with Crippen molar-refractivity contribution >= 4 is 46.0 Å². The standard InChI is InChI=1S/C13H17N5O3S2/c19-18(20)11-6-2-1-5-10(11)15-13(23)17-16-12(22)14-8-9-4-3-7-21-9/h1-2,5-6,9H,3-4,7-8H2,(H2,14,16,22)(H2,15,17,23)/t9-/m0/s1. The highest BCUT2D eigenvalue weighted by Gasteiger charge is 2.15. The summed E-state index contributed by atoms with van der Waals surface area (Å²) in [7, 11) is 0. The van der Waals surface area contributed by atoms with Crippen LogP contribution in [0.3, 0.4) is 0 Å². The lowest BCUT2D eigenvalue weighted by Gasteiger charge is -2.16. The van der Waals surface area contributed by atoms with E-state index in [0.29, 0.717) is 17.3 Å². The number of hydrogen-bond acceptors (Lipinski definition) is 5. The van der Waals surface area contributed by atoms with E-state index in [4.69, 9.17) is 29.2 Å². The Morgan fingerprint density at radius 3 is 2.74 bits per heavy atom. The number of rotatable bonds is 4. The van der Waals surface area contributed by atoms with Crippen molar-refractivity contribution in [2.75, 3.05) is 18.5 Å². The molecule has 10 heteroatoms. The second-order valence-electron chi connectivity index (χ2n) is 4.82. The molecule has 1 aromatic carbocycles. The molecule has 0 aromatic heterocycles. The van der Waals surface area contributed by atoms with Gasteiger partial charge in [-0.1, -0.05) is 12.1 Å². The maximum absolute atomic E-state index is 10.9. The van der Waals surface area contributed by atoms with E-state index in [1.165, 1.54) is 6.07 Å². The third-order valence-corrected chi connectivity index (χ3v) is 3.60. The van der Waals surface area contributed by atoms with E-state index in [-0.39, 0.29) is 16.9 Å². The zero-order valence-corrected chi connectivity index (χ0v) is 13.8. The average molecular weight is 355 g/mol. The van der Waals surface area contributed by atoms with Gasteiger partial charge in [0.2, 0.25) is 0 Å². The number of nitrogens with one attached hydrogen (secondary N) is 4. The van der Waals surface area contributed by atoms with Crippen molar-refractivity contribution in [2.45, 2.75) is 18.9 Å². The van der Waals surface area contributed by atoms with E-state index in [0.717, 1.165) is 19.4 Å². The minimum Gasteiger partial charge on any atom is -0.376 e. The summed E-state index contributed by atoms with van der Waals surface area (Å²) >= 11 is 10.2. The number of nitrogens with zero attached hydrogens (tertiary/aromatic N) is 1. The molecule has 0 radical (unpaired) electrons. The Labute approximate surface area is 144 Å². The highest BCUT2D eigenvalue weighted by Crippen LogP contribution is 2.22. The lowest BCUT2D eigenvalue weighted by molar-refractivity contribution is -0.383. The van der Waals surface area contributed by atoms with E-state index in [9.17, 15) is 10.1 Å². The Hall–Kier alpha value is -2.04. The van der Waals surface area contributed by atoms with Crippen LogP contribution in [0.1, 0.15) is 12.8 Å². The maximum Gasteiger partial charge on any atom is 0.292 e. The summed E-state index contributed by atoms with van der Waals surface area (Å²) in [4.78, 5) is 10.4. The summed E-state index contributed by atoms with van der Waals surface area (Å²) < 4.78 is 5.47. The van der Waals surface area contributed by atoms with Gasteiger partial charge in [-0.05, 0) is 43.3 Å². The average Bonchev–Trinajstić information content (AvgIpc) is 3.04. The Balaban J connectivity index is 1.74. The van der Waals surface area contributed by atoms with Gasteiger partial charge in [0.05, 0.1) is 11.0 Å². The molecule has 124 valence electrons. The highest BCUT2D eigenvalue weighted by molar-refractivity contribution is 7.80. The van der Waals surface area contributed by atoms with Gasteiger partial charge in [0, 0.05) is 19.2 Å². The van der Waals surface area contributed by atoms with Crippen molar-refractivity contribution < 1.29 is 9.66 Å². The molecule has 1 aliphatic rings. The Morgan fingerprint density at radius 2 is 2.04 bits per heavy atom. The number of nitro benzene ring substituents is 1. The Morgan fingerprint density at radius 1 is 1.30 bits per heavy atom. The van der Waals surface area contributed by atoms with Crippen LogP contribution in [0.25, 0.3) is 0 Å². The largest absolute Gasteiger partial charge is 0.376 e. The lowest BCUT2D eigenvalue weighted by atomic mass is 10.2. The van der Waals surface area contributed by atoms with Crippen LogP contribution in [0.15, 0.2) is 24.3 Å². The second-order valence-corrected chi connectivity index (χ2v) is 5.64. The van der Waals surface area contributed by atoms with Crippen molar-refractivity contribution in [2.24, 2.45) is 0 Å². The van der Waals surface area contributed by atoms with E-state index in [1.807, 2.05) is 0 Å². The SMILES string of the molecule is O=[N+]([O-])c1ccccc1NC(=S)NNC(=S)NC[C@@H]1CCCO1. The van der Waals surface area contributed by atoms with Gasteiger partial charge in [0.25, 0.3) is 5.69 Å². The molecule has 1 heterocycles. The second kappa shape index (κ2) is 8.56. The van der Waals surface area contributed by atoms with Crippen molar-refractivity contribution in [1.82, 2.24) is 16.2 Å². The molecule has 23 heavy (non-hydrogen) atoms. The zero-order chi connectivity index (χ0) is 16.7. The van der Waals surface area contributed by atoms with Gasteiger partial charge in [-0.25, -0.2) is 0 Å². The van der Waals surface area contributed by atoms with E-state index >= 15 is 0 Å². The number of hydrazine groups is 1. The summed E-state index contributed by atoms with van der Waals surface area (Å²) in [6.07, 6.45) is 2.25. The minimum absolute atomic E-state index is 0.0595. The van der Waals surface area contributed by atoms with Gasteiger partial charge < -0.3 is 15.4 Å². The third kappa shape index (κ3) is 5.58. The normalized spacial score (nSPS) is 16.4. The van der Waals surface area contributed by atoms with Crippen LogP contribution in [0.5, 0.6) is 0 Å². The summed E-state index contributed by atoms with van der Waals surface area (Å²) in [5.74, 6) is 0. The van der Waals surface area contributed by atoms with Crippen LogP contribution >= 0.6 is 24.4 Å². The minimum atomic E-state index is -0.480. The molecule has 0 aliphatic carbocycles. The van der Waals surface area contributed by atoms with Gasteiger partial charge in [-0.2, -0.15) is 0 Å². The van der Waals surface area contributed by atoms with Gasteiger partial charge in [-0.15, -0.1) is 0 Å². The first kappa shape index (κ1) is 17.3. The van der Waals surface area contributed by atoms with Gasteiger partial charge >= 0.3 is 0 Å². The third-order valence-electron chi connectivity index (χ3n) is 3.15. The topological polar surface area (TPSA) is 100 Å². The zero-order valence-electron chi connectivity index (χ0n) is 12.2. The smallest absolute Gasteiger partial charge is 0.292 e. The van der Waals surface area contributed by atoms with Crippen LogP contribution in [0.4, 0.5) is 11.4 Å². The number of thiocarbonyl (C=S) groups is 2. The quantitative estimate of drug-likeness (QED) is 0.363. The van der Waals surface area contributed by atoms with Crippen molar-refractivity contribution in [3.8, 4) is 0 Å². The number of nitro groups is 1. The maximum atomic E-state index is 10.9. The Kier molecular flexibility index (Phi) is 6.44. The van der Waals surface area contributed by atoms with Crippen LogP contribution in [-0.2, 0) is 4.74 Å². The number of hydrogen-bond donors (Lipinski definition) is 4. The molecular weight excluding hydrogens is 338 g/mol. The van der Waals surface area contributed by atoms with Crippen LogP contribution in [0, 0.1) is 10.1 Å². The first-order valence-electron chi connectivity index (χ1n) is 7.02.